The molecule has 0 radical (unpaired) electrons. The van der Waals surface area contributed by atoms with Gasteiger partial charge in [-0.2, -0.15) is 0 Å². The molecule has 138 valence electrons. The zero-order valence-electron chi connectivity index (χ0n) is 16.8. The fourth-order valence-electron chi connectivity index (χ4n) is 3.91. The van der Waals surface area contributed by atoms with Crippen LogP contribution in [-0.4, -0.2) is 48.6 Å². The molecule has 0 aromatic heterocycles. The number of piperazine rings is 1. The number of hydrogen-bond donors (Lipinski definition) is 0. The fourth-order valence-corrected chi connectivity index (χ4v) is 3.91. The molecule has 0 aromatic rings. The third-order valence-corrected chi connectivity index (χ3v) is 5.80. The monoisotopic (exact) mass is 324 g/mol. The van der Waals surface area contributed by atoms with Gasteiger partial charge in [0.25, 0.3) is 0 Å². The summed E-state index contributed by atoms with van der Waals surface area (Å²) in [6.45, 7) is 17.9. The van der Waals surface area contributed by atoms with Crippen molar-refractivity contribution in [1.82, 2.24) is 9.80 Å². The summed E-state index contributed by atoms with van der Waals surface area (Å²) in [5.74, 6) is 2.11. The van der Waals surface area contributed by atoms with E-state index in [1.165, 1.54) is 84.1 Å². The predicted molar refractivity (Wildman–Crippen MR) is 104 cm³/mol. The third kappa shape index (κ3) is 9.10. The minimum atomic E-state index is 0.730. The average Bonchev–Trinajstić information content (AvgIpc) is 2.56. The number of nitrogens with zero attached hydrogens (tertiary/aromatic N) is 2. The maximum atomic E-state index is 2.60. The van der Waals surface area contributed by atoms with E-state index >= 15 is 0 Å². The fraction of sp³-hybridized carbons (Fsp3) is 1.00. The van der Waals surface area contributed by atoms with E-state index in [0.717, 1.165) is 17.9 Å². The first-order valence-electron chi connectivity index (χ1n) is 10.5. The van der Waals surface area contributed by atoms with Gasteiger partial charge >= 0.3 is 0 Å². The summed E-state index contributed by atoms with van der Waals surface area (Å²) in [4.78, 5) is 5.17. The third-order valence-electron chi connectivity index (χ3n) is 5.80. The Morgan fingerprint density at radius 2 is 1.48 bits per heavy atom. The lowest BCUT2D eigenvalue weighted by atomic mass is 9.81. The Balaban J connectivity index is 0.000000238. The van der Waals surface area contributed by atoms with Gasteiger partial charge in [0.05, 0.1) is 0 Å². The Labute approximate surface area is 147 Å². The molecule has 0 unspecified atom stereocenters. The Bertz CT molecular complexity index is 261. The van der Waals surface area contributed by atoms with Gasteiger partial charge in [-0.15, -0.1) is 0 Å². The summed E-state index contributed by atoms with van der Waals surface area (Å²) in [6, 6.07) is 0.730. The van der Waals surface area contributed by atoms with E-state index in [0.29, 0.717) is 0 Å². The molecule has 1 saturated carbocycles. The first kappa shape index (κ1) is 21.0. The van der Waals surface area contributed by atoms with Crippen molar-refractivity contribution >= 4 is 0 Å². The highest BCUT2D eigenvalue weighted by Crippen LogP contribution is 2.30. The van der Waals surface area contributed by atoms with Gasteiger partial charge < -0.3 is 4.90 Å². The standard InChI is InChI=1S/C11H24N2.C10H20/c1-4-5-6-12-7-9-13(10-8-12)11(2)3;1-3-4-10-7-5-9(2)6-8-10/h11H,4-10H2,1-3H3;9-10H,3-8H2,1-2H3. The molecule has 0 aromatic carbocycles. The van der Waals surface area contributed by atoms with Crippen molar-refractivity contribution in [1.29, 1.82) is 0 Å². The van der Waals surface area contributed by atoms with Crippen LogP contribution in [0.4, 0.5) is 0 Å². The van der Waals surface area contributed by atoms with Crippen LogP contribution in [0.2, 0.25) is 0 Å². The normalized spacial score (nSPS) is 26.9. The molecule has 2 nitrogen and oxygen atoms in total. The largest absolute Gasteiger partial charge is 0.301 e. The van der Waals surface area contributed by atoms with Crippen LogP contribution in [0.1, 0.15) is 86.0 Å². The van der Waals surface area contributed by atoms with E-state index in [1.807, 2.05) is 0 Å². The van der Waals surface area contributed by atoms with Gasteiger partial charge in [-0.3, -0.25) is 4.90 Å². The molecule has 23 heavy (non-hydrogen) atoms. The average molecular weight is 325 g/mol. The molecular formula is C21H44N2. The van der Waals surface area contributed by atoms with Gasteiger partial charge in [0.1, 0.15) is 0 Å². The SMILES string of the molecule is CCCC1CCC(C)CC1.CCCCN1CCN(C(C)C)CC1. The summed E-state index contributed by atoms with van der Waals surface area (Å²) in [6.07, 6.45) is 11.6. The van der Waals surface area contributed by atoms with Gasteiger partial charge in [0, 0.05) is 32.2 Å². The molecule has 0 bridgehead atoms. The van der Waals surface area contributed by atoms with Crippen LogP contribution in [0, 0.1) is 11.8 Å². The molecule has 0 amide bonds. The van der Waals surface area contributed by atoms with Crippen molar-refractivity contribution < 1.29 is 0 Å². The van der Waals surface area contributed by atoms with Crippen LogP contribution in [0.3, 0.4) is 0 Å². The molecule has 2 aliphatic rings. The van der Waals surface area contributed by atoms with Crippen LogP contribution >= 0.6 is 0 Å². The van der Waals surface area contributed by atoms with E-state index in [2.05, 4.69) is 44.4 Å². The second-order valence-corrected chi connectivity index (χ2v) is 8.24. The highest BCUT2D eigenvalue weighted by molar-refractivity contribution is 4.73. The number of unbranched alkanes of at least 4 members (excludes halogenated alkanes) is 1. The van der Waals surface area contributed by atoms with Gasteiger partial charge in [0.2, 0.25) is 0 Å². The number of rotatable bonds is 6. The summed E-state index contributed by atoms with van der Waals surface area (Å²) < 4.78 is 0. The van der Waals surface area contributed by atoms with Crippen LogP contribution in [0.5, 0.6) is 0 Å². The van der Waals surface area contributed by atoms with Gasteiger partial charge in [-0.25, -0.2) is 0 Å². The maximum Gasteiger partial charge on any atom is 0.0113 e. The van der Waals surface area contributed by atoms with Crippen LogP contribution in [0.25, 0.3) is 0 Å². The molecule has 1 saturated heterocycles. The molecule has 2 rings (SSSR count). The van der Waals surface area contributed by atoms with E-state index in [-0.39, 0.29) is 0 Å². The van der Waals surface area contributed by atoms with Gasteiger partial charge in [-0.1, -0.05) is 65.7 Å². The summed E-state index contributed by atoms with van der Waals surface area (Å²) in [7, 11) is 0. The first-order chi connectivity index (χ1) is 11.1. The zero-order chi connectivity index (χ0) is 17.1. The van der Waals surface area contributed by atoms with E-state index in [1.54, 1.807) is 0 Å². The lowest BCUT2D eigenvalue weighted by Crippen LogP contribution is -2.48. The zero-order valence-corrected chi connectivity index (χ0v) is 16.8. The van der Waals surface area contributed by atoms with Crippen molar-refractivity contribution in [2.24, 2.45) is 11.8 Å². The maximum absolute atomic E-state index is 2.60. The molecule has 2 fully saturated rings. The molecule has 0 N–H and O–H groups in total. The summed E-state index contributed by atoms with van der Waals surface area (Å²) >= 11 is 0. The Kier molecular flexibility index (Phi) is 11.2. The Morgan fingerprint density at radius 1 is 0.870 bits per heavy atom. The predicted octanol–water partition coefficient (Wildman–Crippen LogP) is 5.43. The van der Waals surface area contributed by atoms with E-state index in [9.17, 15) is 0 Å². The second kappa shape index (κ2) is 12.3. The van der Waals surface area contributed by atoms with Crippen molar-refractivity contribution in [2.75, 3.05) is 32.7 Å². The molecule has 0 spiro atoms. The molecular weight excluding hydrogens is 280 g/mol. The minimum absolute atomic E-state index is 0.730. The molecule has 2 heteroatoms. The lowest BCUT2D eigenvalue weighted by molar-refractivity contribution is 0.108. The topological polar surface area (TPSA) is 6.48 Å². The highest BCUT2D eigenvalue weighted by atomic mass is 15.3. The lowest BCUT2D eigenvalue weighted by Gasteiger charge is -2.36. The summed E-state index contributed by atoms with van der Waals surface area (Å²) in [5.41, 5.74) is 0. The Morgan fingerprint density at radius 3 is 1.96 bits per heavy atom. The summed E-state index contributed by atoms with van der Waals surface area (Å²) in [5, 5.41) is 0. The molecule has 0 atom stereocenters. The van der Waals surface area contributed by atoms with Crippen molar-refractivity contribution in [3.8, 4) is 0 Å². The van der Waals surface area contributed by atoms with Crippen LogP contribution in [-0.2, 0) is 0 Å². The highest BCUT2D eigenvalue weighted by Gasteiger charge is 2.18. The second-order valence-electron chi connectivity index (χ2n) is 8.24. The van der Waals surface area contributed by atoms with Crippen LogP contribution in [0.15, 0.2) is 0 Å². The van der Waals surface area contributed by atoms with Crippen molar-refractivity contribution in [2.45, 2.75) is 92.0 Å². The first-order valence-corrected chi connectivity index (χ1v) is 10.5. The van der Waals surface area contributed by atoms with Crippen molar-refractivity contribution in [3.05, 3.63) is 0 Å². The van der Waals surface area contributed by atoms with Gasteiger partial charge in [0.15, 0.2) is 0 Å². The van der Waals surface area contributed by atoms with Crippen molar-refractivity contribution in [3.63, 3.8) is 0 Å². The molecule has 1 heterocycles. The smallest absolute Gasteiger partial charge is 0.0113 e. The number of hydrogen-bond acceptors (Lipinski definition) is 2. The quantitative estimate of drug-likeness (QED) is 0.643. The molecule has 1 aliphatic carbocycles. The van der Waals surface area contributed by atoms with Gasteiger partial charge in [-0.05, 0) is 38.6 Å². The Hall–Kier alpha value is -0.0800. The minimum Gasteiger partial charge on any atom is -0.301 e. The molecule has 1 aliphatic heterocycles. The van der Waals surface area contributed by atoms with E-state index in [4.69, 9.17) is 0 Å². The van der Waals surface area contributed by atoms with Crippen LogP contribution < -0.4 is 0 Å². The van der Waals surface area contributed by atoms with E-state index < -0.39 is 0 Å².